The van der Waals surface area contributed by atoms with E-state index < -0.39 is 0 Å². The van der Waals surface area contributed by atoms with E-state index in [1.54, 1.807) is 25.4 Å². The third-order valence-electron chi connectivity index (χ3n) is 7.16. The Kier molecular flexibility index (Phi) is 7.57. The number of benzene rings is 3. The zero-order valence-corrected chi connectivity index (χ0v) is 23.8. The molecule has 0 saturated carbocycles. The standard InChI is InChI=1S/C33H28N4O4S/c1-39-25-16-18-27(19-17-25)41-26-14-12-24(13-15-26)37-31(30(35-33(37)42)28-6-3-4-20-34-28)29-7-5-21-36(29)23-10-8-22(9-11-23)32(38)40-2/h3-21,30-31H,1-2H3,(H,35,42)/t30-,31-/m0/s1. The van der Waals surface area contributed by atoms with Crippen LogP contribution in [0.4, 0.5) is 5.69 Å². The third-order valence-corrected chi connectivity index (χ3v) is 7.47. The summed E-state index contributed by atoms with van der Waals surface area (Å²) < 4.78 is 18.3. The molecule has 42 heavy (non-hydrogen) atoms. The SMILES string of the molecule is COC(=O)c1ccc(-n2cccc2[C@H]2[C@H](c3ccccn3)NC(=S)N2c2ccc(Oc3ccc(OC)cc3)cc2)cc1. The fraction of sp³-hybridized carbons (Fsp3) is 0.121. The smallest absolute Gasteiger partial charge is 0.337 e. The van der Waals surface area contributed by atoms with Crippen LogP contribution in [0.3, 0.4) is 0 Å². The predicted molar refractivity (Wildman–Crippen MR) is 165 cm³/mol. The Morgan fingerprint density at radius 3 is 2.12 bits per heavy atom. The van der Waals surface area contributed by atoms with Gasteiger partial charge in [0.2, 0.25) is 0 Å². The van der Waals surface area contributed by atoms with Gasteiger partial charge >= 0.3 is 5.97 Å². The number of carbonyl (C=O) groups is 1. The monoisotopic (exact) mass is 576 g/mol. The van der Waals surface area contributed by atoms with Gasteiger partial charge in [-0.1, -0.05) is 6.07 Å². The summed E-state index contributed by atoms with van der Waals surface area (Å²) >= 11 is 5.91. The van der Waals surface area contributed by atoms with Gasteiger partial charge in [-0.05, 0) is 109 Å². The molecule has 0 amide bonds. The number of hydrogen-bond donors (Lipinski definition) is 1. The fourth-order valence-electron chi connectivity index (χ4n) is 5.13. The van der Waals surface area contributed by atoms with Crippen LogP contribution in [0.5, 0.6) is 17.2 Å². The highest BCUT2D eigenvalue weighted by Crippen LogP contribution is 2.42. The average molecular weight is 577 g/mol. The number of esters is 1. The van der Waals surface area contributed by atoms with E-state index in [2.05, 4.69) is 25.8 Å². The first-order chi connectivity index (χ1) is 20.6. The summed E-state index contributed by atoms with van der Waals surface area (Å²) in [5.74, 6) is 1.81. The van der Waals surface area contributed by atoms with Gasteiger partial charge in [0, 0.05) is 29.5 Å². The molecule has 1 aliphatic rings. The van der Waals surface area contributed by atoms with Crippen molar-refractivity contribution in [1.29, 1.82) is 0 Å². The van der Waals surface area contributed by atoms with Crippen LogP contribution in [-0.4, -0.2) is 34.9 Å². The number of anilines is 1. The van der Waals surface area contributed by atoms with Gasteiger partial charge in [0.25, 0.3) is 0 Å². The summed E-state index contributed by atoms with van der Waals surface area (Å²) in [5.41, 5.74) is 4.18. The van der Waals surface area contributed by atoms with Crippen molar-refractivity contribution in [2.75, 3.05) is 19.1 Å². The minimum Gasteiger partial charge on any atom is -0.497 e. The number of hydrogen-bond acceptors (Lipinski definition) is 6. The van der Waals surface area contributed by atoms with E-state index in [-0.39, 0.29) is 18.1 Å². The van der Waals surface area contributed by atoms with Gasteiger partial charge in [0.1, 0.15) is 23.3 Å². The summed E-state index contributed by atoms with van der Waals surface area (Å²) in [7, 11) is 3.01. The van der Waals surface area contributed by atoms with Crippen LogP contribution in [0.2, 0.25) is 0 Å². The first-order valence-electron chi connectivity index (χ1n) is 13.3. The quantitative estimate of drug-likeness (QED) is 0.163. The molecule has 5 aromatic rings. The molecule has 0 aliphatic carbocycles. The zero-order valence-electron chi connectivity index (χ0n) is 23.0. The molecule has 210 valence electrons. The van der Waals surface area contributed by atoms with Crippen LogP contribution >= 0.6 is 12.2 Å². The van der Waals surface area contributed by atoms with Crippen molar-refractivity contribution in [3.63, 3.8) is 0 Å². The largest absolute Gasteiger partial charge is 0.497 e. The van der Waals surface area contributed by atoms with Crippen molar-refractivity contribution in [3.05, 3.63) is 132 Å². The molecule has 0 bridgehead atoms. The van der Waals surface area contributed by atoms with Crippen LogP contribution in [0.1, 0.15) is 33.8 Å². The molecular weight excluding hydrogens is 548 g/mol. The number of nitrogens with one attached hydrogen (secondary N) is 1. The molecule has 1 aliphatic heterocycles. The first-order valence-corrected chi connectivity index (χ1v) is 13.7. The van der Waals surface area contributed by atoms with Gasteiger partial charge in [-0.2, -0.15) is 0 Å². The molecular formula is C33H28N4O4S. The molecule has 0 radical (unpaired) electrons. The van der Waals surface area contributed by atoms with Crippen LogP contribution in [0.25, 0.3) is 5.69 Å². The molecule has 1 fully saturated rings. The Morgan fingerprint density at radius 2 is 1.48 bits per heavy atom. The van der Waals surface area contributed by atoms with Crippen LogP contribution < -0.4 is 19.7 Å². The normalized spacial score (nSPS) is 16.1. The Bertz CT molecular complexity index is 1690. The highest BCUT2D eigenvalue weighted by atomic mass is 32.1. The van der Waals surface area contributed by atoms with Crippen molar-refractivity contribution in [2.24, 2.45) is 0 Å². The maximum Gasteiger partial charge on any atom is 0.337 e. The van der Waals surface area contributed by atoms with Gasteiger partial charge in [0.15, 0.2) is 5.11 Å². The summed E-state index contributed by atoms with van der Waals surface area (Å²) in [6.45, 7) is 0. The Hall–Kier alpha value is -5.15. The number of ether oxygens (including phenoxy) is 3. The molecule has 2 atom stereocenters. The van der Waals surface area contributed by atoms with Gasteiger partial charge in [-0.3, -0.25) is 4.98 Å². The molecule has 3 aromatic carbocycles. The van der Waals surface area contributed by atoms with E-state index in [9.17, 15) is 4.79 Å². The second kappa shape index (κ2) is 11.8. The lowest BCUT2D eigenvalue weighted by Crippen LogP contribution is -2.30. The van der Waals surface area contributed by atoms with Gasteiger partial charge < -0.3 is 29.0 Å². The third kappa shape index (κ3) is 5.29. The molecule has 0 spiro atoms. The average Bonchev–Trinajstić information content (AvgIpc) is 3.66. The van der Waals surface area contributed by atoms with Gasteiger partial charge in [-0.25, -0.2) is 4.79 Å². The highest BCUT2D eigenvalue weighted by Gasteiger charge is 2.42. The molecule has 0 unspecified atom stereocenters. The van der Waals surface area contributed by atoms with Gasteiger partial charge in [0.05, 0.1) is 31.5 Å². The number of thiocarbonyl (C=S) groups is 1. The van der Waals surface area contributed by atoms with E-state index in [0.29, 0.717) is 22.2 Å². The number of pyridine rings is 1. The number of nitrogens with zero attached hydrogens (tertiary/aromatic N) is 3. The molecule has 6 rings (SSSR count). The maximum absolute atomic E-state index is 12.0. The minimum absolute atomic E-state index is 0.211. The zero-order chi connectivity index (χ0) is 29.1. The lowest BCUT2D eigenvalue weighted by molar-refractivity contribution is 0.0600. The predicted octanol–water partition coefficient (Wildman–Crippen LogP) is 6.64. The Labute approximate surface area is 249 Å². The van der Waals surface area contributed by atoms with Gasteiger partial charge in [-0.15, -0.1) is 0 Å². The molecule has 1 N–H and O–H groups in total. The molecule has 8 nitrogen and oxygen atoms in total. The summed E-state index contributed by atoms with van der Waals surface area (Å²) in [6.07, 6.45) is 3.79. The molecule has 1 saturated heterocycles. The summed E-state index contributed by atoms with van der Waals surface area (Å²) in [5, 5.41) is 4.10. The van der Waals surface area contributed by atoms with E-state index in [1.807, 2.05) is 91.1 Å². The molecule has 2 aromatic heterocycles. The van der Waals surface area contributed by atoms with Crippen molar-refractivity contribution in [2.45, 2.75) is 12.1 Å². The summed E-state index contributed by atoms with van der Waals surface area (Å²) in [4.78, 5) is 18.8. The highest BCUT2D eigenvalue weighted by molar-refractivity contribution is 7.80. The maximum atomic E-state index is 12.0. The van der Waals surface area contributed by atoms with Crippen molar-refractivity contribution < 1.29 is 19.0 Å². The van der Waals surface area contributed by atoms with Crippen LogP contribution in [0.15, 0.2) is 116 Å². The van der Waals surface area contributed by atoms with E-state index in [1.165, 1.54) is 7.11 Å². The second-order valence-electron chi connectivity index (χ2n) is 9.61. The van der Waals surface area contributed by atoms with E-state index in [0.717, 1.165) is 28.5 Å². The lowest BCUT2D eigenvalue weighted by atomic mass is 10.0. The molecule has 9 heteroatoms. The van der Waals surface area contributed by atoms with E-state index >= 15 is 0 Å². The Balaban J connectivity index is 1.35. The van der Waals surface area contributed by atoms with Crippen LogP contribution in [0, 0.1) is 0 Å². The number of carbonyl (C=O) groups excluding carboxylic acids is 1. The van der Waals surface area contributed by atoms with Crippen molar-refractivity contribution >= 4 is 29.0 Å². The minimum atomic E-state index is -0.375. The summed E-state index contributed by atoms with van der Waals surface area (Å²) in [6, 6.07) is 32.2. The second-order valence-corrected chi connectivity index (χ2v) is 10.00. The van der Waals surface area contributed by atoms with E-state index in [4.69, 9.17) is 26.4 Å². The topological polar surface area (TPSA) is 77.9 Å². The Morgan fingerprint density at radius 1 is 0.810 bits per heavy atom. The van der Waals surface area contributed by atoms with Crippen molar-refractivity contribution in [3.8, 4) is 22.9 Å². The number of rotatable bonds is 8. The number of aromatic nitrogens is 2. The molecule has 3 heterocycles. The number of methoxy groups -OCH3 is 2. The van der Waals surface area contributed by atoms with Crippen molar-refractivity contribution in [1.82, 2.24) is 14.9 Å². The van der Waals surface area contributed by atoms with Crippen LogP contribution in [-0.2, 0) is 4.74 Å². The lowest BCUT2D eigenvalue weighted by Gasteiger charge is -2.29. The fourth-order valence-corrected chi connectivity index (χ4v) is 5.48. The first kappa shape index (κ1) is 27.0.